The number of nitrogens with zero attached hydrogens (tertiary/aromatic N) is 3. The number of thiazole rings is 1. The summed E-state index contributed by atoms with van der Waals surface area (Å²) in [6, 6.07) is 13.4. The standard InChI is InChI=1S/C23H27FN4O2S2/c1-3-18-11-22(32(29,30)26-23-15-31-16-25-23)20(24)12-21(18)27(2)19-9-10-28(14-19)13-17-7-5-4-6-8-17/h4-8,11-12,15-16,19,26H,3,9-10,13-14H2,1-2H3. The van der Waals surface area contributed by atoms with Crippen molar-refractivity contribution >= 4 is 32.9 Å². The summed E-state index contributed by atoms with van der Waals surface area (Å²) < 4.78 is 42.9. The number of halogens is 1. The summed E-state index contributed by atoms with van der Waals surface area (Å²) in [7, 11) is -2.09. The van der Waals surface area contributed by atoms with E-state index in [1.165, 1.54) is 34.5 Å². The maximum atomic E-state index is 15.0. The molecule has 1 unspecified atom stereocenters. The molecule has 0 radical (unpaired) electrons. The lowest BCUT2D eigenvalue weighted by Crippen LogP contribution is -2.35. The Labute approximate surface area is 192 Å². The van der Waals surface area contributed by atoms with Crippen LogP contribution >= 0.6 is 11.3 Å². The predicted molar refractivity (Wildman–Crippen MR) is 127 cm³/mol. The molecule has 1 aliphatic heterocycles. The lowest BCUT2D eigenvalue weighted by atomic mass is 10.1. The van der Waals surface area contributed by atoms with Crippen LogP contribution in [0.2, 0.25) is 0 Å². The Hall–Kier alpha value is -2.49. The van der Waals surface area contributed by atoms with Crippen LogP contribution in [0.4, 0.5) is 15.9 Å². The Balaban J connectivity index is 1.53. The summed E-state index contributed by atoms with van der Waals surface area (Å²) in [5.41, 5.74) is 4.34. The molecule has 170 valence electrons. The smallest absolute Gasteiger partial charge is 0.266 e. The lowest BCUT2D eigenvalue weighted by Gasteiger charge is -2.29. The highest BCUT2D eigenvalue weighted by molar-refractivity contribution is 7.92. The first kappa shape index (κ1) is 22.7. The molecule has 6 nitrogen and oxygen atoms in total. The van der Waals surface area contributed by atoms with E-state index in [2.05, 4.69) is 31.6 Å². The highest BCUT2D eigenvalue weighted by atomic mass is 32.2. The van der Waals surface area contributed by atoms with Gasteiger partial charge in [0.2, 0.25) is 0 Å². The van der Waals surface area contributed by atoms with E-state index in [1.54, 1.807) is 5.38 Å². The van der Waals surface area contributed by atoms with Crippen LogP contribution in [0.5, 0.6) is 0 Å². The fourth-order valence-electron chi connectivity index (χ4n) is 4.17. The van der Waals surface area contributed by atoms with E-state index in [-0.39, 0.29) is 16.8 Å². The van der Waals surface area contributed by atoms with Crippen molar-refractivity contribution in [3.8, 4) is 0 Å². The summed E-state index contributed by atoms with van der Waals surface area (Å²) >= 11 is 1.27. The van der Waals surface area contributed by atoms with Gasteiger partial charge in [-0.25, -0.2) is 17.8 Å². The van der Waals surface area contributed by atoms with Crippen LogP contribution in [0.3, 0.4) is 0 Å². The summed E-state index contributed by atoms with van der Waals surface area (Å²) in [6.07, 6.45) is 1.57. The maximum absolute atomic E-state index is 15.0. The minimum Gasteiger partial charge on any atom is -0.370 e. The Bertz CT molecular complexity index is 1150. The minimum absolute atomic E-state index is 0.193. The Morgan fingerprint density at radius 3 is 2.75 bits per heavy atom. The molecule has 1 fully saturated rings. The van der Waals surface area contributed by atoms with Gasteiger partial charge in [0.25, 0.3) is 10.0 Å². The highest BCUT2D eigenvalue weighted by Crippen LogP contribution is 2.31. The van der Waals surface area contributed by atoms with Crippen molar-refractivity contribution in [3.05, 3.63) is 70.3 Å². The largest absolute Gasteiger partial charge is 0.370 e. The molecule has 0 amide bonds. The Morgan fingerprint density at radius 2 is 2.06 bits per heavy atom. The average molecular weight is 475 g/mol. The van der Waals surface area contributed by atoms with E-state index >= 15 is 4.39 Å². The number of anilines is 2. The normalized spacial score (nSPS) is 16.9. The number of likely N-dealkylation sites (N-methyl/N-ethyl adjacent to an activating group) is 1. The number of hydrogen-bond donors (Lipinski definition) is 1. The van der Waals surface area contributed by atoms with Crippen molar-refractivity contribution in [3.63, 3.8) is 0 Å². The third-order valence-corrected chi connectivity index (χ3v) is 7.86. The summed E-state index contributed by atoms with van der Waals surface area (Å²) in [4.78, 5) is 8.07. The lowest BCUT2D eigenvalue weighted by molar-refractivity contribution is 0.326. The monoisotopic (exact) mass is 474 g/mol. The van der Waals surface area contributed by atoms with Crippen molar-refractivity contribution in [2.75, 3.05) is 29.8 Å². The van der Waals surface area contributed by atoms with Gasteiger partial charge in [-0.05, 0) is 36.1 Å². The van der Waals surface area contributed by atoms with Gasteiger partial charge >= 0.3 is 0 Å². The van der Waals surface area contributed by atoms with Crippen molar-refractivity contribution in [2.45, 2.75) is 37.2 Å². The fraction of sp³-hybridized carbons (Fsp3) is 0.348. The van der Waals surface area contributed by atoms with Gasteiger partial charge in [0.15, 0.2) is 5.82 Å². The molecule has 1 aromatic heterocycles. The van der Waals surface area contributed by atoms with Gasteiger partial charge in [-0.2, -0.15) is 0 Å². The number of sulfonamides is 1. The van der Waals surface area contributed by atoms with E-state index in [0.717, 1.165) is 37.3 Å². The molecule has 0 bridgehead atoms. The molecule has 2 aromatic carbocycles. The first-order chi connectivity index (χ1) is 15.4. The van der Waals surface area contributed by atoms with Crippen LogP contribution in [0.15, 0.2) is 58.3 Å². The molecule has 1 N–H and O–H groups in total. The van der Waals surface area contributed by atoms with E-state index in [0.29, 0.717) is 6.42 Å². The van der Waals surface area contributed by atoms with Crippen molar-refractivity contribution in [1.29, 1.82) is 0 Å². The third-order valence-electron chi connectivity index (χ3n) is 5.90. The van der Waals surface area contributed by atoms with Crippen LogP contribution in [-0.2, 0) is 23.0 Å². The van der Waals surface area contributed by atoms with Crippen LogP contribution in [0.25, 0.3) is 0 Å². The van der Waals surface area contributed by atoms with Crippen LogP contribution < -0.4 is 9.62 Å². The SMILES string of the molecule is CCc1cc(S(=O)(=O)Nc2cscn2)c(F)cc1N(C)C1CCN(Cc2ccccc2)C1. The topological polar surface area (TPSA) is 65.5 Å². The number of benzene rings is 2. The second-order valence-electron chi connectivity index (χ2n) is 8.02. The van der Waals surface area contributed by atoms with Gasteiger partial charge in [0.1, 0.15) is 10.7 Å². The molecular weight excluding hydrogens is 447 g/mol. The molecule has 2 heterocycles. The molecule has 4 rings (SSSR count). The van der Waals surface area contributed by atoms with E-state index in [4.69, 9.17) is 0 Å². The van der Waals surface area contributed by atoms with E-state index in [9.17, 15) is 8.42 Å². The van der Waals surface area contributed by atoms with E-state index in [1.807, 2.05) is 32.2 Å². The molecule has 1 atom stereocenters. The zero-order chi connectivity index (χ0) is 22.7. The molecule has 0 aliphatic carbocycles. The van der Waals surface area contributed by atoms with Gasteiger partial charge in [0, 0.05) is 43.8 Å². The van der Waals surface area contributed by atoms with E-state index < -0.39 is 15.8 Å². The summed E-state index contributed by atoms with van der Waals surface area (Å²) in [5, 5.41) is 1.57. The molecular formula is C23H27FN4O2S2. The van der Waals surface area contributed by atoms with Gasteiger partial charge in [-0.1, -0.05) is 37.3 Å². The number of likely N-dealkylation sites (tertiary alicyclic amines) is 1. The average Bonchev–Trinajstić information content (AvgIpc) is 3.45. The first-order valence-corrected chi connectivity index (χ1v) is 13.0. The highest BCUT2D eigenvalue weighted by Gasteiger charge is 2.29. The molecule has 3 aromatic rings. The van der Waals surface area contributed by atoms with Gasteiger partial charge in [-0.3, -0.25) is 9.62 Å². The van der Waals surface area contributed by atoms with Gasteiger partial charge in [0.05, 0.1) is 5.51 Å². The van der Waals surface area contributed by atoms with Gasteiger partial charge in [-0.15, -0.1) is 11.3 Å². The minimum atomic E-state index is -4.06. The number of nitrogens with one attached hydrogen (secondary N) is 1. The second kappa shape index (κ2) is 9.56. The zero-order valence-electron chi connectivity index (χ0n) is 18.2. The molecule has 32 heavy (non-hydrogen) atoms. The zero-order valence-corrected chi connectivity index (χ0v) is 19.8. The van der Waals surface area contributed by atoms with Crippen molar-refractivity contribution in [2.24, 2.45) is 0 Å². The fourth-order valence-corrected chi connectivity index (χ4v) is 5.84. The second-order valence-corrected chi connectivity index (χ2v) is 10.4. The van der Waals surface area contributed by atoms with Crippen LogP contribution in [0, 0.1) is 5.82 Å². The Morgan fingerprint density at radius 1 is 1.28 bits per heavy atom. The van der Waals surface area contributed by atoms with Crippen molar-refractivity contribution in [1.82, 2.24) is 9.88 Å². The maximum Gasteiger partial charge on any atom is 0.266 e. The molecule has 1 aliphatic rings. The first-order valence-electron chi connectivity index (χ1n) is 10.6. The molecule has 1 saturated heterocycles. The van der Waals surface area contributed by atoms with Crippen molar-refractivity contribution < 1.29 is 12.8 Å². The summed E-state index contributed by atoms with van der Waals surface area (Å²) in [6.45, 7) is 4.68. The molecule has 0 spiro atoms. The van der Waals surface area contributed by atoms with Gasteiger partial charge < -0.3 is 4.90 Å². The number of rotatable bonds is 8. The third kappa shape index (κ3) is 4.95. The number of hydrogen-bond acceptors (Lipinski definition) is 6. The Kier molecular flexibility index (Phi) is 6.78. The molecule has 0 saturated carbocycles. The quantitative estimate of drug-likeness (QED) is 0.526. The van der Waals surface area contributed by atoms with Crippen LogP contribution in [0.1, 0.15) is 24.5 Å². The number of aryl methyl sites for hydroxylation is 1. The molecule has 9 heteroatoms. The number of aromatic nitrogens is 1. The van der Waals surface area contributed by atoms with Crippen LogP contribution in [-0.4, -0.2) is 44.5 Å². The predicted octanol–water partition coefficient (Wildman–Crippen LogP) is 4.36. The summed E-state index contributed by atoms with van der Waals surface area (Å²) in [5.74, 6) is -0.566.